The van der Waals surface area contributed by atoms with E-state index in [9.17, 15) is 0 Å². The summed E-state index contributed by atoms with van der Waals surface area (Å²) < 4.78 is 0. The minimum atomic E-state index is 0.574. The molecule has 0 aromatic carbocycles. The third-order valence-electron chi connectivity index (χ3n) is 2.67. The molecule has 1 heterocycles. The third-order valence-corrected chi connectivity index (χ3v) is 3.75. The first kappa shape index (κ1) is 11.7. The van der Waals surface area contributed by atoms with Gasteiger partial charge in [0.15, 0.2) is 0 Å². The molecule has 1 unspecified atom stereocenters. The zero-order chi connectivity index (χ0) is 10.4. The van der Waals surface area contributed by atoms with Crippen molar-refractivity contribution in [2.24, 2.45) is 0 Å². The predicted octanol–water partition coefficient (Wildman–Crippen LogP) is 3.76. The molecule has 0 bridgehead atoms. The summed E-state index contributed by atoms with van der Waals surface area (Å²) >= 11 is 1.89. The van der Waals surface area contributed by atoms with E-state index in [-0.39, 0.29) is 0 Å². The van der Waals surface area contributed by atoms with Gasteiger partial charge >= 0.3 is 0 Å². The van der Waals surface area contributed by atoms with Crippen LogP contribution in [0.25, 0.3) is 0 Å². The molecule has 0 fully saturated rings. The van der Waals surface area contributed by atoms with Crippen molar-refractivity contribution in [1.82, 2.24) is 5.32 Å². The fourth-order valence-corrected chi connectivity index (χ4v) is 2.90. The van der Waals surface area contributed by atoms with Gasteiger partial charge in [-0.15, -0.1) is 11.3 Å². The van der Waals surface area contributed by atoms with Crippen molar-refractivity contribution in [2.75, 3.05) is 7.05 Å². The minimum absolute atomic E-state index is 0.574. The molecule has 0 radical (unpaired) electrons. The molecule has 0 amide bonds. The van der Waals surface area contributed by atoms with Crippen LogP contribution in [0.4, 0.5) is 0 Å². The fourth-order valence-electron chi connectivity index (χ4n) is 1.76. The lowest BCUT2D eigenvalue weighted by Gasteiger charge is -2.15. The maximum absolute atomic E-state index is 3.42. The molecule has 80 valence electrons. The van der Waals surface area contributed by atoms with Gasteiger partial charge in [-0.05, 0) is 36.9 Å². The van der Waals surface area contributed by atoms with Crippen LogP contribution in [-0.2, 0) is 6.42 Å². The molecule has 1 N–H and O–H groups in total. The van der Waals surface area contributed by atoms with E-state index in [0.717, 1.165) is 6.42 Å². The summed E-state index contributed by atoms with van der Waals surface area (Å²) in [5.41, 5.74) is 1.52. The third kappa shape index (κ3) is 2.82. The Kier molecular flexibility index (Phi) is 5.20. The summed E-state index contributed by atoms with van der Waals surface area (Å²) in [5, 5.41) is 5.64. The molecule has 0 saturated heterocycles. The van der Waals surface area contributed by atoms with Gasteiger partial charge in [0, 0.05) is 10.9 Å². The molecule has 0 aliphatic carbocycles. The van der Waals surface area contributed by atoms with E-state index >= 15 is 0 Å². The van der Waals surface area contributed by atoms with Gasteiger partial charge in [0.2, 0.25) is 0 Å². The normalized spacial score (nSPS) is 13.1. The van der Waals surface area contributed by atoms with Crippen LogP contribution in [-0.4, -0.2) is 7.05 Å². The average molecular weight is 211 g/mol. The second-order valence-electron chi connectivity index (χ2n) is 3.65. The Morgan fingerprint density at radius 1 is 1.43 bits per heavy atom. The monoisotopic (exact) mass is 211 g/mol. The summed E-state index contributed by atoms with van der Waals surface area (Å²) in [7, 11) is 2.07. The van der Waals surface area contributed by atoms with E-state index in [2.05, 4.69) is 37.7 Å². The van der Waals surface area contributed by atoms with E-state index in [1.807, 2.05) is 11.3 Å². The summed E-state index contributed by atoms with van der Waals surface area (Å²) in [6, 6.07) is 2.83. The molecule has 1 atom stereocenters. The van der Waals surface area contributed by atoms with Crippen molar-refractivity contribution in [3.63, 3.8) is 0 Å². The van der Waals surface area contributed by atoms with E-state index in [0.29, 0.717) is 6.04 Å². The molecule has 0 aliphatic heterocycles. The molecular weight excluding hydrogens is 190 g/mol. The second-order valence-corrected chi connectivity index (χ2v) is 4.59. The fraction of sp³-hybridized carbons (Fsp3) is 0.667. The van der Waals surface area contributed by atoms with Crippen molar-refractivity contribution >= 4 is 11.3 Å². The zero-order valence-corrected chi connectivity index (χ0v) is 10.3. The first-order valence-corrected chi connectivity index (χ1v) is 6.44. The molecule has 14 heavy (non-hydrogen) atoms. The Labute approximate surface area is 91.5 Å². The SMILES string of the molecule is CCCCC(NC)c1sccc1CC. The molecule has 0 saturated carbocycles. The van der Waals surface area contributed by atoms with E-state index in [1.165, 1.54) is 24.8 Å². The van der Waals surface area contributed by atoms with Crippen LogP contribution in [0.3, 0.4) is 0 Å². The number of unbranched alkanes of at least 4 members (excludes halogenated alkanes) is 1. The molecule has 0 aliphatic rings. The number of thiophene rings is 1. The molecule has 1 aromatic heterocycles. The lowest BCUT2D eigenvalue weighted by Crippen LogP contribution is -2.16. The summed E-state index contributed by atoms with van der Waals surface area (Å²) in [6.07, 6.45) is 5.02. The van der Waals surface area contributed by atoms with Crippen molar-refractivity contribution in [3.8, 4) is 0 Å². The van der Waals surface area contributed by atoms with Crippen LogP contribution in [0, 0.1) is 0 Å². The highest BCUT2D eigenvalue weighted by Gasteiger charge is 2.13. The van der Waals surface area contributed by atoms with Gasteiger partial charge in [-0.2, -0.15) is 0 Å². The molecule has 0 spiro atoms. The summed E-state index contributed by atoms with van der Waals surface area (Å²) in [6.45, 7) is 4.49. The van der Waals surface area contributed by atoms with Crippen molar-refractivity contribution in [2.45, 2.75) is 45.6 Å². The first-order valence-electron chi connectivity index (χ1n) is 5.57. The van der Waals surface area contributed by atoms with Crippen LogP contribution in [0.15, 0.2) is 11.4 Å². The van der Waals surface area contributed by atoms with E-state index in [1.54, 1.807) is 4.88 Å². The standard InChI is InChI=1S/C12H21NS/c1-4-6-7-11(13-3)12-10(5-2)8-9-14-12/h8-9,11,13H,4-7H2,1-3H3. The summed E-state index contributed by atoms with van der Waals surface area (Å²) in [4.78, 5) is 1.54. The minimum Gasteiger partial charge on any atom is -0.312 e. The zero-order valence-electron chi connectivity index (χ0n) is 9.47. The number of hydrogen-bond donors (Lipinski definition) is 1. The van der Waals surface area contributed by atoms with Gasteiger partial charge in [-0.25, -0.2) is 0 Å². The van der Waals surface area contributed by atoms with Crippen LogP contribution in [0.5, 0.6) is 0 Å². The predicted molar refractivity (Wildman–Crippen MR) is 65.0 cm³/mol. The van der Waals surface area contributed by atoms with Gasteiger partial charge in [-0.1, -0.05) is 26.7 Å². The Morgan fingerprint density at radius 2 is 2.21 bits per heavy atom. The molecule has 1 nitrogen and oxygen atoms in total. The van der Waals surface area contributed by atoms with E-state index in [4.69, 9.17) is 0 Å². The molecule has 2 heteroatoms. The number of rotatable bonds is 6. The maximum atomic E-state index is 3.42. The highest BCUT2D eigenvalue weighted by atomic mass is 32.1. The van der Waals surface area contributed by atoms with Crippen molar-refractivity contribution in [3.05, 3.63) is 21.9 Å². The Morgan fingerprint density at radius 3 is 2.79 bits per heavy atom. The van der Waals surface area contributed by atoms with Crippen molar-refractivity contribution in [1.29, 1.82) is 0 Å². The summed E-state index contributed by atoms with van der Waals surface area (Å²) in [5.74, 6) is 0. The van der Waals surface area contributed by atoms with Gasteiger partial charge in [0.25, 0.3) is 0 Å². The Bertz CT molecular complexity index is 255. The molecule has 1 rings (SSSR count). The first-order chi connectivity index (χ1) is 6.83. The topological polar surface area (TPSA) is 12.0 Å². The van der Waals surface area contributed by atoms with Crippen molar-refractivity contribution < 1.29 is 0 Å². The van der Waals surface area contributed by atoms with Crippen LogP contribution < -0.4 is 5.32 Å². The highest BCUT2D eigenvalue weighted by molar-refractivity contribution is 7.10. The number of hydrogen-bond acceptors (Lipinski definition) is 2. The number of aryl methyl sites for hydroxylation is 1. The van der Waals surface area contributed by atoms with Gasteiger partial charge in [0.05, 0.1) is 0 Å². The molecule has 1 aromatic rings. The molecular formula is C12H21NS. The van der Waals surface area contributed by atoms with Crippen LogP contribution in [0.2, 0.25) is 0 Å². The van der Waals surface area contributed by atoms with Gasteiger partial charge in [0.1, 0.15) is 0 Å². The van der Waals surface area contributed by atoms with Gasteiger partial charge in [-0.3, -0.25) is 0 Å². The van der Waals surface area contributed by atoms with Crippen LogP contribution in [0.1, 0.15) is 49.6 Å². The smallest absolute Gasteiger partial charge is 0.0415 e. The lowest BCUT2D eigenvalue weighted by atomic mass is 10.0. The number of nitrogens with one attached hydrogen (secondary N) is 1. The van der Waals surface area contributed by atoms with Gasteiger partial charge < -0.3 is 5.32 Å². The second kappa shape index (κ2) is 6.20. The Hall–Kier alpha value is -0.340. The average Bonchev–Trinajstić information content (AvgIpc) is 2.67. The highest BCUT2D eigenvalue weighted by Crippen LogP contribution is 2.28. The lowest BCUT2D eigenvalue weighted by molar-refractivity contribution is 0.527. The maximum Gasteiger partial charge on any atom is 0.0415 e. The largest absolute Gasteiger partial charge is 0.312 e. The van der Waals surface area contributed by atoms with Crippen LogP contribution >= 0.6 is 11.3 Å². The Balaban J connectivity index is 2.67. The van der Waals surface area contributed by atoms with E-state index < -0.39 is 0 Å². The quantitative estimate of drug-likeness (QED) is 0.755.